The molecule has 1 aliphatic carbocycles. The number of hydrogen-bond acceptors (Lipinski definition) is 6. The molecule has 2 aromatic rings. The summed E-state index contributed by atoms with van der Waals surface area (Å²) in [4.78, 5) is 11.9. The predicted molar refractivity (Wildman–Crippen MR) is 98.1 cm³/mol. The molecule has 1 amide bonds. The Balaban J connectivity index is 1.49. The normalized spacial score (nSPS) is 20.0. The average molecular weight is 358 g/mol. The van der Waals surface area contributed by atoms with E-state index in [1.807, 2.05) is 51.1 Å². The van der Waals surface area contributed by atoms with Crippen LogP contribution in [0.3, 0.4) is 0 Å². The molecule has 1 aromatic carbocycles. The number of tetrazole rings is 1. The number of amides is 1. The molecule has 1 aromatic heterocycles. The standard InChI is InChI=1S/C18H26N6O2/c1-18(2,3)26-17(25)20-14-10-9-13(11-14)12-19-16-21-22-23-24(16)15-7-5-4-6-8-15/h4-8,13-14H,9-12H2,1-3H3,(H,20,25)(H,19,21,23)/t13-,14+/m0/s1. The van der Waals surface area contributed by atoms with Gasteiger partial charge in [0.05, 0.1) is 5.69 Å². The highest BCUT2D eigenvalue weighted by Gasteiger charge is 2.27. The van der Waals surface area contributed by atoms with Crippen LogP contribution in [-0.4, -0.2) is 44.5 Å². The lowest BCUT2D eigenvalue weighted by Gasteiger charge is -2.21. The van der Waals surface area contributed by atoms with Gasteiger partial charge in [-0.05, 0) is 68.5 Å². The van der Waals surface area contributed by atoms with Gasteiger partial charge >= 0.3 is 6.09 Å². The Morgan fingerprint density at radius 1 is 1.27 bits per heavy atom. The Bertz CT molecular complexity index is 725. The number of benzene rings is 1. The number of rotatable bonds is 5. The molecule has 26 heavy (non-hydrogen) atoms. The molecule has 0 spiro atoms. The topological polar surface area (TPSA) is 94.0 Å². The number of nitrogens with one attached hydrogen (secondary N) is 2. The minimum Gasteiger partial charge on any atom is -0.444 e. The lowest BCUT2D eigenvalue weighted by Crippen LogP contribution is -2.38. The van der Waals surface area contributed by atoms with Gasteiger partial charge in [0.25, 0.3) is 0 Å². The number of ether oxygens (including phenoxy) is 1. The maximum Gasteiger partial charge on any atom is 0.407 e. The quantitative estimate of drug-likeness (QED) is 0.853. The van der Waals surface area contributed by atoms with Crippen LogP contribution in [0.2, 0.25) is 0 Å². The summed E-state index contributed by atoms with van der Waals surface area (Å²) in [5.41, 5.74) is 0.439. The van der Waals surface area contributed by atoms with Crippen LogP contribution in [0, 0.1) is 5.92 Å². The Morgan fingerprint density at radius 3 is 2.77 bits per heavy atom. The number of carbonyl (C=O) groups is 1. The minimum absolute atomic E-state index is 0.154. The summed E-state index contributed by atoms with van der Waals surface area (Å²) in [6.45, 7) is 6.36. The third-order valence-electron chi connectivity index (χ3n) is 4.28. The van der Waals surface area contributed by atoms with Gasteiger partial charge in [0, 0.05) is 12.6 Å². The van der Waals surface area contributed by atoms with Crippen molar-refractivity contribution in [1.82, 2.24) is 25.5 Å². The van der Waals surface area contributed by atoms with E-state index >= 15 is 0 Å². The van der Waals surface area contributed by atoms with E-state index in [4.69, 9.17) is 4.74 Å². The van der Waals surface area contributed by atoms with Crippen LogP contribution in [0.25, 0.3) is 5.69 Å². The SMILES string of the molecule is CC(C)(C)OC(=O)N[C@@H]1CC[C@H](CNc2nnnn2-c2ccccc2)C1. The van der Waals surface area contributed by atoms with Gasteiger partial charge in [-0.15, -0.1) is 0 Å². The summed E-state index contributed by atoms with van der Waals surface area (Å²) in [6.07, 6.45) is 2.57. The molecule has 0 unspecified atom stereocenters. The lowest BCUT2D eigenvalue weighted by molar-refractivity contribution is 0.0505. The van der Waals surface area contributed by atoms with Gasteiger partial charge in [-0.3, -0.25) is 0 Å². The van der Waals surface area contributed by atoms with Gasteiger partial charge in [-0.1, -0.05) is 23.3 Å². The fraction of sp³-hybridized carbons (Fsp3) is 0.556. The fourth-order valence-electron chi connectivity index (χ4n) is 3.14. The molecule has 0 bridgehead atoms. The van der Waals surface area contributed by atoms with Gasteiger partial charge in [0.2, 0.25) is 5.95 Å². The molecule has 1 heterocycles. The summed E-state index contributed by atoms with van der Waals surface area (Å²) in [6, 6.07) is 9.92. The van der Waals surface area contributed by atoms with E-state index in [-0.39, 0.29) is 12.1 Å². The second-order valence-corrected chi connectivity index (χ2v) is 7.65. The predicted octanol–water partition coefficient (Wildman–Crippen LogP) is 2.77. The van der Waals surface area contributed by atoms with Gasteiger partial charge in [0.1, 0.15) is 5.60 Å². The molecule has 2 atom stereocenters. The van der Waals surface area contributed by atoms with Crippen LogP contribution in [0.15, 0.2) is 30.3 Å². The Labute approximate surface area is 153 Å². The van der Waals surface area contributed by atoms with E-state index < -0.39 is 5.60 Å². The van der Waals surface area contributed by atoms with E-state index in [1.165, 1.54) is 0 Å². The number of nitrogens with zero attached hydrogens (tertiary/aromatic N) is 4. The first-order chi connectivity index (χ1) is 12.4. The lowest BCUT2D eigenvalue weighted by atomic mass is 10.1. The monoisotopic (exact) mass is 358 g/mol. The van der Waals surface area contributed by atoms with Crippen LogP contribution in [0.4, 0.5) is 10.7 Å². The molecule has 3 rings (SSSR count). The summed E-state index contributed by atoms with van der Waals surface area (Å²) >= 11 is 0. The number of aromatic nitrogens is 4. The second-order valence-electron chi connectivity index (χ2n) is 7.65. The van der Waals surface area contributed by atoms with E-state index in [0.29, 0.717) is 11.9 Å². The van der Waals surface area contributed by atoms with Crippen molar-refractivity contribution >= 4 is 12.0 Å². The highest BCUT2D eigenvalue weighted by molar-refractivity contribution is 5.68. The molecule has 8 nitrogen and oxygen atoms in total. The zero-order valence-electron chi connectivity index (χ0n) is 15.5. The molecule has 0 radical (unpaired) electrons. The summed E-state index contributed by atoms with van der Waals surface area (Å²) in [7, 11) is 0. The molecule has 0 aliphatic heterocycles. The number of anilines is 1. The van der Waals surface area contributed by atoms with Crippen molar-refractivity contribution in [3.8, 4) is 5.69 Å². The van der Waals surface area contributed by atoms with Crippen molar-refractivity contribution in [3.05, 3.63) is 30.3 Å². The van der Waals surface area contributed by atoms with Crippen molar-refractivity contribution < 1.29 is 9.53 Å². The molecule has 0 saturated heterocycles. The first kappa shape index (κ1) is 18.2. The van der Waals surface area contributed by atoms with E-state index in [9.17, 15) is 4.79 Å². The maximum atomic E-state index is 11.9. The van der Waals surface area contributed by atoms with E-state index in [1.54, 1.807) is 4.68 Å². The highest BCUT2D eigenvalue weighted by Crippen LogP contribution is 2.26. The Hall–Kier alpha value is -2.64. The Kier molecular flexibility index (Phi) is 5.39. The zero-order valence-corrected chi connectivity index (χ0v) is 15.5. The third-order valence-corrected chi connectivity index (χ3v) is 4.28. The second kappa shape index (κ2) is 7.72. The van der Waals surface area contributed by atoms with E-state index in [0.717, 1.165) is 31.5 Å². The zero-order chi connectivity index (χ0) is 18.6. The summed E-state index contributed by atoms with van der Waals surface area (Å²) in [5.74, 6) is 1.08. The molecule has 1 aliphatic rings. The van der Waals surface area contributed by atoms with Crippen LogP contribution < -0.4 is 10.6 Å². The van der Waals surface area contributed by atoms with Crippen molar-refractivity contribution in [2.24, 2.45) is 5.92 Å². The average Bonchev–Trinajstić information content (AvgIpc) is 3.21. The van der Waals surface area contributed by atoms with Gasteiger partial charge in [0.15, 0.2) is 0 Å². The molecule has 8 heteroatoms. The van der Waals surface area contributed by atoms with Crippen LogP contribution in [-0.2, 0) is 4.74 Å². The number of hydrogen-bond donors (Lipinski definition) is 2. The van der Waals surface area contributed by atoms with E-state index in [2.05, 4.69) is 26.2 Å². The number of alkyl carbamates (subject to hydrolysis) is 1. The largest absolute Gasteiger partial charge is 0.444 e. The molecule has 2 N–H and O–H groups in total. The third kappa shape index (κ3) is 4.93. The molecular weight excluding hydrogens is 332 g/mol. The maximum absolute atomic E-state index is 11.9. The first-order valence-electron chi connectivity index (χ1n) is 8.98. The summed E-state index contributed by atoms with van der Waals surface area (Å²) in [5, 5.41) is 18.2. The van der Waals surface area contributed by atoms with Crippen molar-refractivity contribution in [3.63, 3.8) is 0 Å². The van der Waals surface area contributed by atoms with Crippen molar-refractivity contribution in [1.29, 1.82) is 0 Å². The van der Waals surface area contributed by atoms with Gasteiger partial charge in [-0.2, -0.15) is 4.68 Å². The number of para-hydroxylation sites is 1. The van der Waals surface area contributed by atoms with Crippen LogP contribution in [0.5, 0.6) is 0 Å². The minimum atomic E-state index is -0.474. The highest BCUT2D eigenvalue weighted by atomic mass is 16.6. The fourth-order valence-corrected chi connectivity index (χ4v) is 3.14. The van der Waals surface area contributed by atoms with Gasteiger partial charge in [-0.25, -0.2) is 4.79 Å². The van der Waals surface area contributed by atoms with Crippen LogP contribution >= 0.6 is 0 Å². The molecule has 140 valence electrons. The molecule has 1 fully saturated rings. The molecular formula is C18H26N6O2. The molecule has 1 saturated carbocycles. The van der Waals surface area contributed by atoms with Gasteiger partial charge < -0.3 is 15.4 Å². The summed E-state index contributed by atoms with van der Waals surface area (Å²) < 4.78 is 7.01. The van der Waals surface area contributed by atoms with Crippen molar-refractivity contribution in [2.45, 2.75) is 51.7 Å². The first-order valence-corrected chi connectivity index (χ1v) is 8.98. The number of carbonyl (C=O) groups excluding carboxylic acids is 1. The van der Waals surface area contributed by atoms with Crippen molar-refractivity contribution in [2.75, 3.05) is 11.9 Å². The smallest absolute Gasteiger partial charge is 0.407 e. The van der Waals surface area contributed by atoms with Crippen LogP contribution in [0.1, 0.15) is 40.0 Å². The Morgan fingerprint density at radius 2 is 2.04 bits per heavy atom.